The number of thiazole rings is 1. The molecule has 0 unspecified atom stereocenters. The van der Waals surface area contributed by atoms with Crippen LogP contribution >= 0.6 is 23.1 Å². The van der Waals surface area contributed by atoms with E-state index < -0.39 is 4.92 Å². The number of H-pyrrole nitrogens is 1. The van der Waals surface area contributed by atoms with Gasteiger partial charge in [-0.25, -0.2) is 4.98 Å². The monoisotopic (exact) mass is 386 g/mol. The minimum Gasteiger partial charge on any atom is -0.361 e. The molecule has 0 spiro atoms. The molecule has 0 aliphatic rings. The molecular weight excluding hydrogens is 376 g/mol. The van der Waals surface area contributed by atoms with Crippen LogP contribution in [0.3, 0.4) is 0 Å². The summed E-state index contributed by atoms with van der Waals surface area (Å²) in [6.45, 7) is 0. The minimum atomic E-state index is -0.433. The van der Waals surface area contributed by atoms with E-state index in [2.05, 4.69) is 9.97 Å². The van der Waals surface area contributed by atoms with Crippen molar-refractivity contribution in [2.24, 2.45) is 0 Å². The quantitative estimate of drug-likeness (QED) is 0.297. The second-order valence-corrected chi connectivity index (χ2v) is 7.70. The number of hydrogen-bond acceptors (Lipinski definition) is 7. The zero-order valence-corrected chi connectivity index (χ0v) is 14.7. The number of aromatic amines is 1. The zero-order chi connectivity index (χ0) is 18.3. The van der Waals surface area contributed by atoms with Gasteiger partial charge in [0, 0.05) is 30.1 Å². The summed E-state index contributed by atoms with van der Waals surface area (Å²) in [5.74, 6) is 0.507. The largest absolute Gasteiger partial charge is 0.361 e. The highest BCUT2D eigenvalue weighted by Crippen LogP contribution is 2.36. The Balaban J connectivity index is 1.63. The van der Waals surface area contributed by atoms with Crippen LogP contribution in [-0.4, -0.2) is 19.8 Å². The van der Waals surface area contributed by atoms with Crippen LogP contribution in [0.25, 0.3) is 21.1 Å². The summed E-state index contributed by atoms with van der Waals surface area (Å²) < 4.78 is 1.50. The van der Waals surface area contributed by atoms with E-state index in [4.69, 9.17) is 0 Å². The molecule has 4 aromatic rings. The molecule has 2 aromatic carbocycles. The van der Waals surface area contributed by atoms with Gasteiger partial charge in [-0.1, -0.05) is 17.8 Å². The topological polar surface area (TPSA) is 115 Å². The smallest absolute Gasteiger partial charge is 0.279 e. The predicted molar refractivity (Wildman–Crippen MR) is 101 cm³/mol. The van der Waals surface area contributed by atoms with Gasteiger partial charge >= 0.3 is 0 Å². The number of aromatic nitrogens is 2. The van der Waals surface area contributed by atoms with Crippen molar-refractivity contribution in [1.82, 2.24) is 9.97 Å². The normalized spacial score (nSPS) is 11.2. The van der Waals surface area contributed by atoms with Gasteiger partial charge in [0.05, 0.1) is 31.0 Å². The molecule has 0 saturated heterocycles. The van der Waals surface area contributed by atoms with Crippen molar-refractivity contribution >= 4 is 55.6 Å². The van der Waals surface area contributed by atoms with Crippen molar-refractivity contribution in [2.45, 2.75) is 10.1 Å². The van der Waals surface area contributed by atoms with E-state index in [1.54, 1.807) is 24.4 Å². The molecule has 0 aliphatic heterocycles. The van der Waals surface area contributed by atoms with Crippen molar-refractivity contribution in [3.8, 4) is 0 Å². The van der Waals surface area contributed by atoms with Crippen LogP contribution in [0, 0.1) is 20.2 Å². The molecule has 0 amide bonds. The van der Waals surface area contributed by atoms with Crippen LogP contribution in [0.2, 0.25) is 0 Å². The third-order valence-electron chi connectivity index (χ3n) is 3.88. The molecule has 2 aromatic heterocycles. The highest BCUT2D eigenvalue weighted by atomic mass is 32.2. The van der Waals surface area contributed by atoms with E-state index in [0.717, 1.165) is 20.1 Å². The first-order valence-corrected chi connectivity index (χ1v) is 9.24. The number of benzene rings is 2. The number of nitrogens with zero attached hydrogens (tertiary/aromatic N) is 3. The van der Waals surface area contributed by atoms with Crippen LogP contribution in [0.4, 0.5) is 11.4 Å². The molecule has 0 saturated carbocycles. The van der Waals surface area contributed by atoms with E-state index in [9.17, 15) is 20.2 Å². The number of rotatable bonds is 5. The lowest BCUT2D eigenvalue weighted by Crippen LogP contribution is -1.90. The zero-order valence-electron chi connectivity index (χ0n) is 13.0. The summed E-state index contributed by atoms with van der Waals surface area (Å²) in [5.41, 5.74) is 2.34. The van der Waals surface area contributed by atoms with Gasteiger partial charge in [-0.15, -0.1) is 11.3 Å². The van der Waals surface area contributed by atoms with Gasteiger partial charge in [-0.3, -0.25) is 20.2 Å². The molecule has 10 heteroatoms. The van der Waals surface area contributed by atoms with Gasteiger partial charge in [0.15, 0.2) is 4.34 Å². The standard InChI is InChI=1S/C16H10N4O4S2/c21-19(22)10-4-5-11-14(6-10)26-16(18-11)25-8-9-7-17-12-2-1-3-13(15(9)12)20(23)24/h1-7,17H,8H2. The molecule has 0 aliphatic carbocycles. The Hall–Kier alpha value is -2.98. The third-order valence-corrected chi connectivity index (χ3v) is 6.09. The maximum atomic E-state index is 11.3. The van der Waals surface area contributed by atoms with E-state index >= 15 is 0 Å². The Bertz CT molecular complexity index is 1170. The number of fused-ring (bicyclic) bond motifs is 2. The molecule has 0 radical (unpaired) electrons. The fourth-order valence-corrected chi connectivity index (χ4v) is 4.79. The summed E-state index contributed by atoms with van der Waals surface area (Å²) in [5, 5.41) is 22.7. The Morgan fingerprint density at radius 3 is 2.77 bits per heavy atom. The van der Waals surface area contributed by atoms with Gasteiger partial charge in [0.1, 0.15) is 0 Å². The first kappa shape index (κ1) is 16.5. The SMILES string of the molecule is O=[N+]([O-])c1ccc2nc(SCc3c[nH]c4cccc([N+](=O)[O-])c34)sc2c1. The summed E-state index contributed by atoms with van der Waals surface area (Å²) in [6.07, 6.45) is 1.77. The molecule has 4 rings (SSSR count). The summed E-state index contributed by atoms with van der Waals surface area (Å²) in [4.78, 5) is 28.8. The molecule has 26 heavy (non-hydrogen) atoms. The van der Waals surface area contributed by atoms with Crippen LogP contribution < -0.4 is 0 Å². The number of nitro benzene ring substituents is 2. The van der Waals surface area contributed by atoms with Crippen molar-refractivity contribution in [1.29, 1.82) is 0 Å². The summed E-state index contributed by atoms with van der Waals surface area (Å²) >= 11 is 2.82. The number of hydrogen-bond donors (Lipinski definition) is 1. The van der Waals surface area contributed by atoms with Crippen LogP contribution in [-0.2, 0) is 5.75 Å². The Morgan fingerprint density at radius 2 is 2.00 bits per heavy atom. The number of nitrogens with one attached hydrogen (secondary N) is 1. The van der Waals surface area contributed by atoms with E-state index in [-0.39, 0.29) is 16.3 Å². The van der Waals surface area contributed by atoms with Crippen molar-refractivity contribution < 1.29 is 9.85 Å². The second kappa shape index (κ2) is 6.39. The Kier molecular flexibility index (Phi) is 4.05. The maximum absolute atomic E-state index is 11.3. The Morgan fingerprint density at radius 1 is 1.15 bits per heavy atom. The number of thioether (sulfide) groups is 1. The molecule has 0 atom stereocenters. The van der Waals surface area contributed by atoms with E-state index in [1.165, 1.54) is 41.3 Å². The molecule has 0 bridgehead atoms. The summed E-state index contributed by atoms with van der Waals surface area (Å²) in [6, 6.07) is 9.50. The molecule has 2 heterocycles. The van der Waals surface area contributed by atoms with Gasteiger partial charge in [-0.05, 0) is 17.7 Å². The van der Waals surface area contributed by atoms with Gasteiger partial charge in [-0.2, -0.15) is 0 Å². The third kappa shape index (κ3) is 2.89. The van der Waals surface area contributed by atoms with Crippen molar-refractivity contribution in [3.05, 3.63) is 68.4 Å². The van der Waals surface area contributed by atoms with E-state index in [1.807, 2.05) is 0 Å². The highest BCUT2D eigenvalue weighted by Gasteiger charge is 2.17. The van der Waals surface area contributed by atoms with Crippen molar-refractivity contribution in [3.63, 3.8) is 0 Å². The van der Waals surface area contributed by atoms with Gasteiger partial charge < -0.3 is 4.98 Å². The summed E-state index contributed by atoms with van der Waals surface area (Å²) in [7, 11) is 0. The van der Waals surface area contributed by atoms with Crippen molar-refractivity contribution in [2.75, 3.05) is 0 Å². The lowest BCUT2D eigenvalue weighted by atomic mass is 10.1. The maximum Gasteiger partial charge on any atom is 0.279 e. The molecule has 1 N–H and O–H groups in total. The molecule has 0 fully saturated rings. The lowest BCUT2D eigenvalue weighted by Gasteiger charge is -1.98. The van der Waals surface area contributed by atoms with Crippen LogP contribution in [0.5, 0.6) is 0 Å². The predicted octanol–water partition coefficient (Wildman–Crippen LogP) is 4.89. The fourth-order valence-electron chi connectivity index (χ4n) is 2.71. The number of non-ortho nitro benzene ring substituents is 2. The minimum absolute atomic E-state index is 0.0324. The van der Waals surface area contributed by atoms with Crippen LogP contribution in [0.1, 0.15) is 5.56 Å². The van der Waals surface area contributed by atoms with E-state index in [0.29, 0.717) is 16.7 Å². The highest BCUT2D eigenvalue weighted by molar-refractivity contribution is 8.00. The average Bonchev–Trinajstić information content (AvgIpc) is 3.22. The first-order chi connectivity index (χ1) is 12.5. The second-order valence-electron chi connectivity index (χ2n) is 5.45. The molecular formula is C16H10N4O4S2. The van der Waals surface area contributed by atoms with Gasteiger partial charge in [0.25, 0.3) is 11.4 Å². The number of nitro groups is 2. The average molecular weight is 386 g/mol. The van der Waals surface area contributed by atoms with Gasteiger partial charge in [0.2, 0.25) is 0 Å². The Labute approximate surface area is 154 Å². The lowest BCUT2D eigenvalue weighted by molar-refractivity contribution is -0.384. The molecule has 130 valence electrons. The first-order valence-electron chi connectivity index (χ1n) is 7.44. The fraction of sp³-hybridized carbons (Fsp3) is 0.0625. The van der Waals surface area contributed by atoms with Crippen LogP contribution in [0.15, 0.2) is 46.9 Å². The molecule has 8 nitrogen and oxygen atoms in total.